The van der Waals surface area contributed by atoms with E-state index in [9.17, 15) is 14.4 Å². The minimum atomic E-state index is -0.893. The lowest BCUT2D eigenvalue weighted by Gasteiger charge is -2.16. The highest BCUT2D eigenvalue weighted by atomic mass is 16.5. The van der Waals surface area contributed by atoms with E-state index in [0.29, 0.717) is 5.56 Å². The van der Waals surface area contributed by atoms with Crippen LogP contribution in [0.1, 0.15) is 33.5 Å². The Morgan fingerprint density at radius 2 is 1.90 bits per heavy atom. The molecule has 3 aromatic rings. The molecule has 7 nitrogen and oxygen atoms in total. The summed E-state index contributed by atoms with van der Waals surface area (Å²) in [5, 5.41) is 3.58. The number of benzene rings is 2. The van der Waals surface area contributed by atoms with E-state index in [1.54, 1.807) is 12.3 Å². The predicted molar refractivity (Wildman–Crippen MR) is 115 cm³/mol. The lowest BCUT2D eigenvalue weighted by Crippen LogP contribution is -2.44. The second-order valence-corrected chi connectivity index (χ2v) is 7.62. The van der Waals surface area contributed by atoms with Gasteiger partial charge in [0.2, 0.25) is 0 Å². The number of carbonyl (C=O) groups is 3. The highest BCUT2D eigenvalue weighted by Crippen LogP contribution is 2.23. The first-order valence-electron chi connectivity index (χ1n) is 10.3. The fraction of sp³-hybridized carbons (Fsp3) is 0.292. The normalized spacial score (nSPS) is 13.5. The summed E-state index contributed by atoms with van der Waals surface area (Å²) in [4.78, 5) is 40.1. The molecule has 0 radical (unpaired) electrons. The van der Waals surface area contributed by atoms with Gasteiger partial charge in [-0.05, 0) is 54.2 Å². The molecule has 0 aliphatic heterocycles. The van der Waals surface area contributed by atoms with Crippen molar-refractivity contribution in [3.8, 4) is 0 Å². The van der Waals surface area contributed by atoms with Crippen molar-refractivity contribution in [2.45, 2.75) is 31.7 Å². The van der Waals surface area contributed by atoms with Crippen molar-refractivity contribution >= 4 is 28.7 Å². The summed E-state index contributed by atoms with van der Waals surface area (Å²) < 4.78 is 10.0. The number of ether oxygens (including phenoxy) is 2. The Morgan fingerprint density at radius 3 is 2.74 bits per heavy atom. The molecule has 1 aromatic heterocycles. The van der Waals surface area contributed by atoms with Gasteiger partial charge in [-0.3, -0.25) is 4.79 Å². The quantitative estimate of drug-likeness (QED) is 0.573. The van der Waals surface area contributed by atoms with Gasteiger partial charge >= 0.3 is 11.9 Å². The maximum absolute atomic E-state index is 12.4. The summed E-state index contributed by atoms with van der Waals surface area (Å²) in [5.74, 6) is -1.69. The number of nitrogens with one attached hydrogen (secondary N) is 2. The number of amides is 1. The first kappa shape index (κ1) is 20.7. The summed E-state index contributed by atoms with van der Waals surface area (Å²) in [6, 6.07) is 12.3. The number of aromatic nitrogens is 1. The molecule has 1 heterocycles. The molecular formula is C24H24N2O5. The molecule has 4 rings (SSSR count). The van der Waals surface area contributed by atoms with Gasteiger partial charge < -0.3 is 19.8 Å². The molecule has 1 atom stereocenters. The molecular weight excluding hydrogens is 396 g/mol. The van der Waals surface area contributed by atoms with Gasteiger partial charge in [0, 0.05) is 23.5 Å². The highest BCUT2D eigenvalue weighted by Gasteiger charge is 2.24. The van der Waals surface area contributed by atoms with Gasteiger partial charge in [-0.25, -0.2) is 9.59 Å². The Balaban J connectivity index is 1.37. The highest BCUT2D eigenvalue weighted by molar-refractivity contribution is 5.92. The average molecular weight is 420 g/mol. The minimum Gasteiger partial charge on any atom is -0.467 e. The van der Waals surface area contributed by atoms with Crippen molar-refractivity contribution in [2.24, 2.45) is 0 Å². The van der Waals surface area contributed by atoms with Crippen molar-refractivity contribution in [1.82, 2.24) is 10.3 Å². The van der Waals surface area contributed by atoms with Crippen molar-refractivity contribution in [3.05, 3.63) is 70.9 Å². The summed E-state index contributed by atoms with van der Waals surface area (Å²) in [5.41, 5.74) is 4.66. The molecule has 1 amide bonds. The van der Waals surface area contributed by atoms with Crippen molar-refractivity contribution in [1.29, 1.82) is 0 Å². The third kappa shape index (κ3) is 4.60. The van der Waals surface area contributed by atoms with Crippen molar-refractivity contribution < 1.29 is 23.9 Å². The van der Waals surface area contributed by atoms with Gasteiger partial charge in [0.25, 0.3) is 5.91 Å². The molecule has 1 aliphatic rings. The van der Waals surface area contributed by atoms with Crippen molar-refractivity contribution in [3.63, 3.8) is 0 Å². The Hall–Kier alpha value is -3.61. The molecule has 2 N–H and O–H groups in total. The number of hydrogen-bond acceptors (Lipinski definition) is 5. The first-order valence-corrected chi connectivity index (χ1v) is 10.3. The van der Waals surface area contributed by atoms with Crippen LogP contribution >= 0.6 is 0 Å². The molecule has 0 fully saturated rings. The largest absolute Gasteiger partial charge is 0.467 e. The summed E-state index contributed by atoms with van der Waals surface area (Å²) >= 11 is 0. The van der Waals surface area contributed by atoms with E-state index in [4.69, 9.17) is 9.47 Å². The number of carbonyl (C=O) groups excluding carboxylic acids is 3. The van der Waals surface area contributed by atoms with Crippen LogP contribution in [-0.4, -0.2) is 42.6 Å². The maximum Gasteiger partial charge on any atom is 0.338 e. The summed E-state index contributed by atoms with van der Waals surface area (Å²) in [6.07, 6.45) is 5.12. The fourth-order valence-electron chi connectivity index (χ4n) is 4.01. The summed E-state index contributed by atoms with van der Waals surface area (Å²) in [7, 11) is 1.27. The number of fused-ring (bicyclic) bond motifs is 2. The number of esters is 2. The van der Waals surface area contributed by atoms with E-state index in [0.717, 1.165) is 41.3 Å². The minimum absolute atomic E-state index is 0.251. The molecule has 1 aliphatic carbocycles. The number of methoxy groups -OCH3 is 1. The molecule has 0 saturated heterocycles. The Labute approximate surface area is 179 Å². The first-order chi connectivity index (χ1) is 15.0. The fourth-order valence-corrected chi connectivity index (χ4v) is 4.01. The molecule has 7 heteroatoms. The second-order valence-electron chi connectivity index (χ2n) is 7.62. The smallest absolute Gasteiger partial charge is 0.338 e. The molecule has 0 saturated carbocycles. The van der Waals surface area contributed by atoms with Gasteiger partial charge in [-0.1, -0.05) is 24.3 Å². The standard InChI is InChI=1S/C24H24N2O5/c1-30-24(29)21(12-18-13-25-20-8-3-2-7-19(18)20)26-22(27)14-31-23(28)17-10-9-15-5-4-6-16(15)11-17/h2-3,7-11,13,21,25H,4-6,12,14H2,1H3,(H,26,27)/t21-/m0/s1. The number of para-hydroxylation sites is 1. The topological polar surface area (TPSA) is 97.5 Å². The van der Waals surface area contributed by atoms with Crippen LogP contribution in [0.3, 0.4) is 0 Å². The van der Waals surface area contributed by atoms with Gasteiger partial charge in [0.05, 0.1) is 12.7 Å². The van der Waals surface area contributed by atoms with E-state index in [2.05, 4.69) is 10.3 Å². The Morgan fingerprint density at radius 1 is 1.10 bits per heavy atom. The number of aromatic amines is 1. The van der Waals surface area contributed by atoms with E-state index in [1.807, 2.05) is 36.4 Å². The zero-order chi connectivity index (χ0) is 21.8. The van der Waals surface area contributed by atoms with Crippen LogP contribution < -0.4 is 5.32 Å². The zero-order valence-corrected chi connectivity index (χ0v) is 17.3. The molecule has 160 valence electrons. The molecule has 31 heavy (non-hydrogen) atoms. The lowest BCUT2D eigenvalue weighted by molar-refractivity contribution is -0.145. The molecule has 0 spiro atoms. The number of aryl methyl sites for hydroxylation is 2. The number of hydrogen-bond donors (Lipinski definition) is 2. The molecule has 2 aromatic carbocycles. The zero-order valence-electron chi connectivity index (χ0n) is 17.3. The predicted octanol–water partition coefficient (Wildman–Crippen LogP) is 2.71. The number of rotatable bonds is 7. The lowest BCUT2D eigenvalue weighted by atomic mass is 10.0. The Kier molecular flexibility index (Phi) is 6.02. The van der Waals surface area contributed by atoms with E-state index in [-0.39, 0.29) is 6.42 Å². The van der Waals surface area contributed by atoms with Crippen LogP contribution in [0.25, 0.3) is 10.9 Å². The monoisotopic (exact) mass is 420 g/mol. The van der Waals surface area contributed by atoms with Crippen LogP contribution in [0.2, 0.25) is 0 Å². The van der Waals surface area contributed by atoms with Crippen LogP contribution in [0.5, 0.6) is 0 Å². The van der Waals surface area contributed by atoms with Crippen molar-refractivity contribution in [2.75, 3.05) is 13.7 Å². The molecule has 0 unspecified atom stereocenters. The third-order valence-corrected chi connectivity index (χ3v) is 5.59. The third-order valence-electron chi connectivity index (χ3n) is 5.59. The maximum atomic E-state index is 12.4. The molecule has 0 bridgehead atoms. The van der Waals surface area contributed by atoms with E-state index < -0.39 is 30.5 Å². The van der Waals surface area contributed by atoms with E-state index in [1.165, 1.54) is 12.7 Å². The number of H-pyrrole nitrogens is 1. The van der Waals surface area contributed by atoms with Crippen LogP contribution in [0.15, 0.2) is 48.7 Å². The SMILES string of the molecule is COC(=O)[C@H](Cc1c[nH]c2ccccc12)NC(=O)COC(=O)c1ccc2c(c1)CCC2. The van der Waals surface area contributed by atoms with Gasteiger partial charge in [-0.15, -0.1) is 0 Å². The van der Waals surface area contributed by atoms with Crippen LogP contribution in [0.4, 0.5) is 0 Å². The second kappa shape index (κ2) is 9.04. The van der Waals surface area contributed by atoms with Gasteiger partial charge in [0.1, 0.15) is 6.04 Å². The van der Waals surface area contributed by atoms with Gasteiger partial charge in [-0.2, -0.15) is 0 Å². The summed E-state index contributed by atoms with van der Waals surface area (Å²) in [6.45, 7) is -0.475. The Bertz CT molecular complexity index is 1130. The van der Waals surface area contributed by atoms with Crippen LogP contribution in [0, 0.1) is 0 Å². The van der Waals surface area contributed by atoms with E-state index >= 15 is 0 Å². The average Bonchev–Trinajstić information content (AvgIpc) is 3.43. The van der Waals surface area contributed by atoms with Gasteiger partial charge in [0.15, 0.2) is 6.61 Å². The van der Waals surface area contributed by atoms with Crippen LogP contribution in [-0.2, 0) is 38.3 Å².